The number of carbonyl (C=O) groups excluding carboxylic acids is 3. The zero-order chi connectivity index (χ0) is 16.1. The fourth-order valence-electron chi connectivity index (χ4n) is 2.44. The van der Waals surface area contributed by atoms with E-state index in [4.69, 9.17) is 5.73 Å². The van der Waals surface area contributed by atoms with Crippen molar-refractivity contribution in [3.05, 3.63) is 29.8 Å². The largest absolute Gasteiger partial charge is 0.351 e. The highest BCUT2D eigenvalue weighted by Gasteiger charge is 2.23. The molecule has 0 radical (unpaired) electrons. The number of piperidine rings is 1. The smallest absolute Gasteiger partial charge is 0.319 e. The Hall–Kier alpha value is -2.57. The van der Waals surface area contributed by atoms with Crippen molar-refractivity contribution in [3.8, 4) is 0 Å². The zero-order valence-corrected chi connectivity index (χ0v) is 12.5. The molecule has 1 aliphatic rings. The van der Waals surface area contributed by atoms with Crippen molar-refractivity contribution in [1.82, 2.24) is 10.2 Å². The number of amides is 4. The van der Waals surface area contributed by atoms with E-state index in [-0.39, 0.29) is 17.9 Å². The van der Waals surface area contributed by atoms with E-state index in [1.165, 1.54) is 11.8 Å². The van der Waals surface area contributed by atoms with E-state index < -0.39 is 6.03 Å². The summed E-state index contributed by atoms with van der Waals surface area (Å²) in [6.45, 7) is 2.54. The van der Waals surface area contributed by atoms with Gasteiger partial charge in [0, 0.05) is 30.4 Å². The number of benzene rings is 1. The Morgan fingerprint density at radius 1 is 1.23 bits per heavy atom. The summed E-state index contributed by atoms with van der Waals surface area (Å²) in [6, 6.07) is 5.75. The van der Waals surface area contributed by atoms with Gasteiger partial charge in [0.1, 0.15) is 0 Å². The minimum Gasteiger partial charge on any atom is -0.351 e. The number of nitrogens with zero attached hydrogens (tertiary/aromatic N) is 1. The maximum absolute atomic E-state index is 12.0. The molecule has 0 bridgehead atoms. The van der Waals surface area contributed by atoms with Gasteiger partial charge in [-0.2, -0.15) is 0 Å². The van der Waals surface area contributed by atoms with Gasteiger partial charge >= 0.3 is 12.1 Å². The Kier molecular flexibility index (Phi) is 4.98. The van der Waals surface area contributed by atoms with Crippen molar-refractivity contribution in [2.75, 3.05) is 18.4 Å². The molecule has 1 aromatic carbocycles. The summed E-state index contributed by atoms with van der Waals surface area (Å²) in [5.41, 5.74) is 6.45. The Balaban J connectivity index is 1.87. The lowest BCUT2D eigenvalue weighted by molar-refractivity contribution is 0.101. The molecule has 1 saturated heterocycles. The van der Waals surface area contributed by atoms with Gasteiger partial charge in [0.05, 0.1) is 0 Å². The van der Waals surface area contributed by atoms with Crippen LogP contribution in [0.25, 0.3) is 0 Å². The molecule has 1 fully saturated rings. The average Bonchev–Trinajstić information content (AvgIpc) is 2.47. The summed E-state index contributed by atoms with van der Waals surface area (Å²) in [6.07, 6.45) is 1.61. The van der Waals surface area contributed by atoms with E-state index in [9.17, 15) is 14.4 Å². The molecule has 7 nitrogen and oxygen atoms in total. The third kappa shape index (κ3) is 4.21. The predicted molar refractivity (Wildman–Crippen MR) is 82.8 cm³/mol. The lowest BCUT2D eigenvalue weighted by atomic mass is 10.1. The van der Waals surface area contributed by atoms with Crippen LogP contribution in [0.3, 0.4) is 0 Å². The minimum atomic E-state index is -0.466. The van der Waals surface area contributed by atoms with Crippen molar-refractivity contribution in [1.29, 1.82) is 0 Å². The molecule has 4 amide bonds. The Labute approximate surface area is 128 Å². The van der Waals surface area contributed by atoms with Gasteiger partial charge in [0.2, 0.25) is 0 Å². The van der Waals surface area contributed by atoms with Crippen LogP contribution in [-0.2, 0) is 0 Å². The molecule has 0 aliphatic carbocycles. The first-order valence-electron chi connectivity index (χ1n) is 7.18. The minimum absolute atomic E-state index is 0.0234. The van der Waals surface area contributed by atoms with Crippen LogP contribution in [0.4, 0.5) is 15.3 Å². The highest BCUT2D eigenvalue weighted by molar-refractivity contribution is 5.95. The Morgan fingerprint density at radius 2 is 1.91 bits per heavy atom. The number of hydrogen-bond donors (Lipinski definition) is 3. The molecule has 4 N–H and O–H groups in total. The zero-order valence-electron chi connectivity index (χ0n) is 12.5. The molecular weight excluding hydrogens is 284 g/mol. The highest BCUT2D eigenvalue weighted by Crippen LogP contribution is 2.12. The van der Waals surface area contributed by atoms with Crippen molar-refractivity contribution in [2.24, 2.45) is 5.73 Å². The lowest BCUT2D eigenvalue weighted by Gasteiger charge is -2.31. The molecule has 1 aliphatic heterocycles. The molecular formula is C15H20N4O3. The van der Waals surface area contributed by atoms with Gasteiger partial charge in [-0.05, 0) is 44.0 Å². The SMILES string of the molecule is CC(=O)c1ccc(NC(=O)NC2CCCN(C(N)=O)C2)cc1. The summed E-state index contributed by atoms with van der Waals surface area (Å²) < 4.78 is 0. The lowest BCUT2D eigenvalue weighted by Crippen LogP contribution is -2.51. The summed E-state index contributed by atoms with van der Waals surface area (Å²) >= 11 is 0. The molecule has 0 spiro atoms. The molecule has 118 valence electrons. The normalized spacial score (nSPS) is 17.7. The number of hydrogen-bond acceptors (Lipinski definition) is 3. The van der Waals surface area contributed by atoms with Crippen LogP contribution in [-0.4, -0.2) is 41.9 Å². The number of nitrogens with two attached hydrogens (primary N) is 1. The first kappa shape index (κ1) is 15.8. The number of nitrogens with one attached hydrogen (secondary N) is 2. The maximum atomic E-state index is 12.0. The predicted octanol–water partition coefficient (Wildman–Crippen LogP) is 1.55. The van der Waals surface area contributed by atoms with Gasteiger partial charge < -0.3 is 21.3 Å². The molecule has 0 aromatic heterocycles. The second-order valence-corrected chi connectivity index (χ2v) is 5.36. The summed E-state index contributed by atoms with van der Waals surface area (Å²) in [4.78, 5) is 35.8. The first-order valence-corrected chi connectivity index (χ1v) is 7.18. The number of likely N-dealkylation sites (tertiary alicyclic amines) is 1. The van der Waals surface area contributed by atoms with E-state index in [2.05, 4.69) is 10.6 Å². The first-order chi connectivity index (χ1) is 10.5. The van der Waals surface area contributed by atoms with Crippen LogP contribution in [0, 0.1) is 0 Å². The van der Waals surface area contributed by atoms with Crippen molar-refractivity contribution < 1.29 is 14.4 Å². The third-order valence-electron chi connectivity index (χ3n) is 3.62. The maximum Gasteiger partial charge on any atom is 0.319 e. The number of urea groups is 2. The molecule has 1 aromatic rings. The second kappa shape index (κ2) is 6.93. The van der Waals surface area contributed by atoms with E-state index in [1.54, 1.807) is 24.3 Å². The van der Waals surface area contributed by atoms with Gasteiger partial charge in [-0.15, -0.1) is 0 Å². The van der Waals surface area contributed by atoms with Crippen LogP contribution in [0.15, 0.2) is 24.3 Å². The highest BCUT2D eigenvalue weighted by atomic mass is 16.2. The molecule has 0 saturated carbocycles. The number of ketones is 1. The van der Waals surface area contributed by atoms with E-state index >= 15 is 0 Å². The van der Waals surface area contributed by atoms with E-state index in [1.807, 2.05) is 0 Å². The fourth-order valence-corrected chi connectivity index (χ4v) is 2.44. The topological polar surface area (TPSA) is 105 Å². The van der Waals surface area contributed by atoms with Crippen molar-refractivity contribution in [3.63, 3.8) is 0 Å². The Bertz CT molecular complexity index is 571. The number of Topliss-reactive ketones (excluding diaryl/α,β-unsaturated/α-hetero) is 1. The van der Waals surface area contributed by atoms with Gasteiger partial charge in [-0.25, -0.2) is 9.59 Å². The Morgan fingerprint density at radius 3 is 2.50 bits per heavy atom. The van der Waals surface area contributed by atoms with E-state index in [0.29, 0.717) is 24.3 Å². The second-order valence-electron chi connectivity index (χ2n) is 5.36. The molecule has 2 rings (SSSR count). The molecule has 7 heteroatoms. The number of primary amides is 1. The quantitative estimate of drug-likeness (QED) is 0.738. The van der Waals surface area contributed by atoms with Crippen molar-refractivity contribution >= 4 is 23.5 Å². The summed E-state index contributed by atoms with van der Waals surface area (Å²) in [5, 5.41) is 5.53. The standard InChI is InChI=1S/C15H20N4O3/c1-10(20)11-4-6-12(7-5-11)17-15(22)18-13-3-2-8-19(9-13)14(16)21/h4-7,13H,2-3,8-9H2,1H3,(H2,16,21)(H2,17,18,22). The van der Waals surface area contributed by atoms with Crippen molar-refractivity contribution in [2.45, 2.75) is 25.8 Å². The van der Waals surface area contributed by atoms with Crippen LogP contribution in [0.1, 0.15) is 30.1 Å². The monoisotopic (exact) mass is 304 g/mol. The molecule has 22 heavy (non-hydrogen) atoms. The van der Waals surface area contributed by atoms with Gasteiger partial charge in [0.25, 0.3) is 0 Å². The molecule has 1 unspecified atom stereocenters. The fraction of sp³-hybridized carbons (Fsp3) is 0.400. The van der Waals surface area contributed by atoms with Crippen LogP contribution in [0.2, 0.25) is 0 Å². The molecule has 1 atom stereocenters. The summed E-state index contributed by atoms with van der Waals surface area (Å²) in [7, 11) is 0. The third-order valence-corrected chi connectivity index (χ3v) is 3.62. The van der Waals surface area contributed by atoms with Gasteiger partial charge in [0.15, 0.2) is 5.78 Å². The van der Waals surface area contributed by atoms with Crippen LogP contribution < -0.4 is 16.4 Å². The van der Waals surface area contributed by atoms with Gasteiger partial charge in [-0.1, -0.05) is 0 Å². The van der Waals surface area contributed by atoms with Crippen LogP contribution >= 0.6 is 0 Å². The summed E-state index contributed by atoms with van der Waals surface area (Å²) in [5.74, 6) is -0.0234. The van der Waals surface area contributed by atoms with Crippen LogP contribution in [0.5, 0.6) is 0 Å². The average molecular weight is 304 g/mol. The van der Waals surface area contributed by atoms with E-state index in [0.717, 1.165) is 12.8 Å². The molecule has 1 heterocycles. The van der Waals surface area contributed by atoms with Gasteiger partial charge in [-0.3, -0.25) is 4.79 Å². The number of anilines is 1. The number of carbonyl (C=O) groups is 3. The number of rotatable bonds is 3.